The maximum Gasteiger partial charge on any atom is 0.204 e. The van der Waals surface area contributed by atoms with Gasteiger partial charge in [0.15, 0.2) is 17.8 Å². The van der Waals surface area contributed by atoms with E-state index in [1.807, 2.05) is 60.7 Å². The van der Waals surface area contributed by atoms with E-state index in [1.54, 1.807) is 6.07 Å². The standard InChI is InChI=1S/C23H22O5/c1-25-20-13-21(27-15-17-9-5-3-6-10-17)23(26-2)22(19(20)14-24)28-16-18-11-7-4-8-12-18/h3-14H,15-16H2,1-2H3. The van der Waals surface area contributed by atoms with Crippen LogP contribution in [0.3, 0.4) is 0 Å². The van der Waals surface area contributed by atoms with Crippen molar-refractivity contribution in [3.05, 3.63) is 83.4 Å². The molecule has 0 bridgehead atoms. The van der Waals surface area contributed by atoms with E-state index in [-0.39, 0.29) is 12.2 Å². The fourth-order valence-corrected chi connectivity index (χ4v) is 2.80. The molecule has 0 fully saturated rings. The first-order chi connectivity index (χ1) is 13.8. The monoisotopic (exact) mass is 378 g/mol. The zero-order valence-electron chi connectivity index (χ0n) is 15.9. The van der Waals surface area contributed by atoms with Gasteiger partial charge >= 0.3 is 0 Å². The summed E-state index contributed by atoms with van der Waals surface area (Å²) in [5.74, 6) is 1.46. The predicted molar refractivity (Wildman–Crippen MR) is 106 cm³/mol. The summed E-state index contributed by atoms with van der Waals surface area (Å²) in [6.45, 7) is 0.627. The molecular weight excluding hydrogens is 356 g/mol. The Balaban J connectivity index is 1.93. The molecule has 0 aliphatic rings. The lowest BCUT2D eigenvalue weighted by Crippen LogP contribution is -2.05. The van der Waals surface area contributed by atoms with Crippen LogP contribution in [0, 0.1) is 0 Å². The fourth-order valence-electron chi connectivity index (χ4n) is 2.80. The lowest BCUT2D eigenvalue weighted by atomic mass is 10.1. The third-order valence-electron chi connectivity index (χ3n) is 4.21. The quantitative estimate of drug-likeness (QED) is 0.506. The number of aldehydes is 1. The molecule has 3 aromatic rings. The van der Waals surface area contributed by atoms with E-state index >= 15 is 0 Å². The van der Waals surface area contributed by atoms with Crippen LogP contribution in [0.4, 0.5) is 0 Å². The summed E-state index contributed by atoms with van der Waals surface area (Å²) < 4.78 is 22.8. The van der Waals surface area contributed by atoms with Gasteiger partial charge in [0.05, 0.1) is 14.2 Å². The van der Waals surface area contributed by atoms with Crippen LogP contribution >= 0.6 is 0 Å². The molecule has 0 spiro atoms. The van der Waals surface area contributed by atoms with Crippen LogP contribution in [0.25, 0.3) is 0 Å². The molecular formula is C23H22O5. The highest BCUT2D eigenvalue weighted by Gasteiger charge is 2.22. The second-order valence-electron chi connectivity index (χ2n) is 6.02. The molecule has 28 heavy (non-hydrogen) atoms. The smallest absolute Gasteiger partial charge is 0.204 e. The summed E-state index contributed by atoms with van der Waals surface area (Å²) in [6.07, 6.45) is 0.697. The zero-order valence-corrected chi connectivity index (χ0v) is 15.9. The van der Waals surface area contributed by atoms with E-state index in [0.717, 1.165) is 11.1 Å². The third kappa shape index (κ3) is 4.43. The van der Waals surface area contributed by atoms with Crippen LogP contribution in [0.2, 0.25) is 0 Å². The summed E-state index contributed by atoms with van der Waals surface area (Å²) in [5, 5.41) is 0. The van der Waals surface area contributed by atoms with Gasteiger partial charge in [-0.3, -0.25) is 4.79 Å². The van der Waals surface area contributed by atoms with Crippen molar-refractivity contribution in [2.24, 2.45) is 0 Å². The number of rotatable bonds is 9. The molecule has 0 aliphatic carbocycles. The van der Waals surface area contributed by atoms with Crippen LogP contribution in [0.1, 0.15) is 21.5 Å². The molecule has 3 rings (SSSR count). The van der Waals surface area contributed by atoms with Crippen molar-refractivity contribution in [2.45, 2.75) is 13.2 Å². The number of carbonyl (C=O) groups excluding carboxylic acids is 1. The summed E-state index contributed by atoms with van der Waals surface area (Å²) in [5.41, 5.74) is 2.26. The van der Waals surface area contributed by atoms with Gasteiger partial charge < -0.3 is 18.9 Å². The minimum absolute atomic E-state index is 0.280. The van der Waals surface area contributed by atoms with Crippen molar-refractivity contribution in [2.75, 3.05) is 14.2 Å². The number of benzene rings is 3. The molecule has 5 heteroatoms. The lowest BCUT2D eigenvalue weighted by molar-refractivity contribution is 0.111. The highest BCUT2D eigenvalue weighted by molar-refractivity contribution is 5.87. The Morgan fingerprint density at radius 2 is 1.29 bits per heavy atom. The highest BCUT2D eigenvalue weighted by atomic mass is 16.5. The van der Waals surface area contributed by atoms with E-state index in [4.69, 9.17) is 18.9 Å². The van der Waals surface area contributed by atoms with E-state index in [0.29, 0.717) is 35.9 Å². The first-order valence-electron chi connectivity index (χ1n) is 8.84. The number of hydrogen-bond donors (Lipinski definition) is 0. The lowest BCUT2D eigenvalue weighted by Gasteiger charge is -2.19. The van der Waals surface area contributed by atoms with Gasteiger partial charge in [-0.2, -0.15) is 0 Å². The van der Waals surface area contributed by atoms with Gasteiger partial charge in [0.1, 0.15) is 24.5 Å². The Kier molecular flexibility index (Phi) is 6.52. The third-order valence-corrected chi connectivity index (χ3v) is 4.21. The Hall–Kier alpha value is -3.47. The second-order valence-corrected chi connectivity index (χ2v) is 6.02. The minimum atomic E-state index is 0.280. The second kappa shape index (κ2) is 9.46. The van der Waals surface area contributed by atoms with E-state index in [2.05, 4.69) is 0 Å². The molecule has 0 saturated heterocycles. The van der Waals surface area contributed by atoms with E-state index < -0.39 is 0 Å². The van der Waals surface area contributed by atoms with Crippen molar-refractivity contribution in [3.63, 3.8) is 0 Å². The molecule has 144 valence electrons. The van der Waals surface area contributed by atoms with Gasteiger partial charge in [0, 0.05) is 6.07 Å². The molecule has 0 unspecified atom stereocenters. The largest absolute Gasteiger partial charge is 0.496 e. The molecule has 0 radical (unpaired) electrons. The maximum atomic E-state index is 11.7. The summed E-state index contributed by atoms with van der Waals surface area (Å²) in [4.78, 5) is 11.7. The number of ether oxygens (including phenoxy) is 4. The van der Waals surface area contributed by atoms with E-state index in [1.165, 1.54) is 14.2 Å². The van der Waals surface area contributed by atoms with Crippen molar-refractivity contribution < 1.29 is 23.7 Å². The highest BCUT2D eigenvalue weighted by Crippen LogP contribution is 2.45. The first-order valence-corrected chi connectivity index (χ1v) is 8.84. The molecule has 0 N–H and O–H groups in total. The van der Waals surface area contributed by atoms with Crippen LogP contribution in [-0.2, 0) is 13.2 Å². The van der Waals surface area contributed by atoms with Crippen molar-refractivity contribution in [3.8, 4) is 23.0 Å². The topological polar surface area (TPSA) is 54.0 Å². The average molecular weight is 378 g/mol. The first kappa shape index (κ1) is 19.3. The summed E-state index contributed by atoms with van der Waals surface area (Å²) in [6, 6.07) is 21.1. The zero-order chi connectivity index (χ0) is 19.8. The van der Waals surface area contributed by atoms with Crippen molar-refractivity contribution in [1.82, 2.24) is 0 Å². The molecule has 5 nitrogen and oxygen atoms in total. The molecule has 0 saturated carbocycles. The molecule has 0 aliphatic heterocycles. The van der Waals surface area contributed by atoms with Gasteiger partial charge in [0.25, 0.3) is 0 Å². The Bertz CT molecular complexity index is 907. The van der Waals surface area contributed by atoms with Crippen LogP contribution in [0.15, 0.2) is 66.7 Å². The van der Waals surface area contributed by atoms with Crippen LogP contribution < -0.4 is 18.9 Å². The van der Waals surface area contributed by atoms with Gasteiger partial charge in [0.2, 0.25) is 5.75 Å². The van der Waals surface area contributed by atoms with Gasteiger partial charge in [-0.15, -0.1) is 0 Å². The predicted octanol–water partition coefficient (Wildman–Crippen LogP) is 4.67. The Morgan fingerprint density at radius 1 is 0.714 bits per heavy atom. The Morgan fingerprint density at radius 3 is 1.79 bits per heavy atom. The molecule has 0 aromatic heterocycles. The van der Waals surface area contributed by atoms with Gasteiger partial charge in [-0.05, 0) is 11.1 Å². The molecule has 0 atom stereocenters. The van der Waals surface area contributed by atoms with Crippen LogP contribution in [-0.4, -0.2) is 20.5 Å². The van der Waals surface area contributed by atoms with Gasteiger partial charge in [-0.25, -0.2) is 0 Å². The van der Waals surface area contributed by atoms with Gasteiger partial charge in [-0.1, -0.05) is 60.7 Å². The Labute approximate surface area is 164 Å². The van der Waals surface area contributed by atoms with Crippen LogP contribution in [0.5, 0.6) is 23.0 Å². The minimum Gasteiger partial charge on any atom is -0.496 e. The number of hydrogen-bond acceptors (Lipinski definition) is 5. The SMILES string of the molecule is COc1cc(OCc2ccccc2)c(OC)c(OCc2ccccc2)c1C=O. The van der Waals surface area contributed by atoms with Crippen molar-refractivity contribution >= 4 is 6.29 Å². The normalized spacial score (nSPS) is 10.2. The molecule has 3 aromatic carbocycles. The fraction of sp³-hybridized carbons (Fsp3) is 0.174. The number of carbonyl (C=O) groups is 1. The number of methoxy groups -OCH3 is 2. The average Bonchev–Trinajstić information content (AvgIpc) is 2.76. The summed E-state index contributed by atoms with van der Waals surface area (Å²) >= 11 is 0. The molecule has 0 amide bonds. The maximum absolute atomic E-state index is 11.7. The van der Waals surface area contributed by atoms with Crippen molar-refractivity contribution in [1.29, 1.82) is 0 Å². The van der Waals surface area contributed by atoms with E-state index in [9.17, 15) is 4.79 Å². The summed E-state index contributed by atoms with van der Waals surface area (Å²) in [7, 11) is 3.01. The molecule has 0 heterocycles.